The molecular formula is C14H14N6O2. The first kappa shape index (κ1) is 13.9. The molecule has 2 aromatic rings. The number of anilines is 1. The summed E-state index contributed by atoms with van der Waals surface area (Å²) in [6.45, 7) is 5.47. The van der Waals surface area contributed by atoms with Crippen molar-refractivity contribution in [1.82, 2.24) is 25.2 Å². The lowest BCUT2D eigenvalue weighted by Crippen LogP contribution is -2.29. The standard InChI is InChI=1S/C14H14N6O2/c1-3-7-22-13(21)11-9(2)16-14-17-18-19-20(14)12(11)10-5-4-6-15-8-10/h3-6,8,12H,1,7H2,2H3,(H,16,17,19). The second-order valence-corrected chi connectivity index (χ2v) is 4.69. The zero-order chi connectivity index (χ0) is 15.5. The molecule has 3 heterocycles. The summed E-state index contributed by atoms with van der Waals surface area (Å²) in [7, 11) is 0. The fraction of sp³-hybridized carbons (Fsp3) is 0.214. The molecule has 1 atom stereocenters. The molecule has 2 aromatic heterocycles. The lowest BCUT2D eigenvalue weighted by Gasteiger charge is -2.27. The zero-order valence-corrected chi connectivity index (χ0v) is 11.9. The fourth-order valence-electron chi connectivity index (χ4n) is 2.33. The number of ether oxygens (including phenoxy) is 1. The van der Waals surface area contributed by atoms with Crippen LogP contribution in [-0.2, 0) is 9.53 Å². The van der Waals surface area contributed by atoms with Crippen molar-refractivity contribution in [3.63, 3.8) is 0 Å². The van der Waals surface area contributed by atoms with Gasteiger partial charge < -0.3 is 10.1 Å². The number of allylic oxidation sites excluding steroid dienone is 1. The number of rotatable bonds is 4. The molecule has 8 heteroatoms. The molecule has 0 saturated heterocycles. The average Bonchev–Trinajstić information content (AvgIpc) is 2.99. The highest BCUT2D eigenvalue weighted by molar-refractivity contribution is 5.92. The Balaban J connectivity index is 2.08. The van der Waals surface area contributed by atoms with Crippen LogP contribution in [0, 0.1) is 0 Å². The minimum Gasteiger partial charge on any atom is -0.458 e. The summed E-state index contributed by atoms with van der Waals surface area (Å²) < 4.78 is 6.72. The second kappa shape index (κ2) is 5.76. The quantitative estimate of drug-likeness (QED) is 0.666. The predicted molar refractivity (Wildman–Crippen MR) is 77.7 cm³/mol. The Labute approximate surface area is 126 Å². The molecule has 22 heavy (non-hydrogen) atoms. The Kier molecular flexibility index (Phi) is 3.65. The maximum atomic E-state index is 12.4. The van der Waals surface area contributed by atoms with Crippen LogP contribution in [0.4, 0.5) is 5.95 Å². The molecular weight excluding hydrogens is 284 g/mol. The van der Waals surface area contributed by atoms with E-state index in [1.165, 1.54) is 10.8 Å². The van der Waals surface area contributed by atoms with Crippen molar-refractivity contribution in [2.45, 2.75) is 13.0 Å². The van der Waals surface area contributed by atoms with E-state index in [0.29, 0.717) is 17.2 Å². The van der Waals surface area contributed by atoms with Crippen LogP contribution < -0.4 is 5.32 Å². The summed E-state index contributed by atoms with van der Waals surface area (Å²) in [6, 6.07) is 3.17. The second-order valence-electron chi connectivity index (χ2n) is 4.69. The molecule has 1 aliphatic rings. The third kappa shape index (κ3) is 2.34. The van der Waals surface area contributed by atoms with E-state index in [0.717, 1.165) is 5.56 Å². The smallest absolute Gasteiger partial charge is 0.338 e. The number of hydrogen-bond acceptors (Lipinski definition) is 7. The topological polar surface area (TPSA) is 94.8 Å². The molecule has 1 unspecified atom stereocenters. The number of aromatic nitrogens is 5. The minimum atomic E-state index is -0.489. The van der Waals surface area contributed by atoms with Gasteiger partial charge in [0.25, 0.3) is 0 Å². The molecule has 0 bridgehead atoms. The van der Waals surface area contributed by atoms with Gasteiger partial charge in [-0.2, -0.15) is 4.68 Å². The van der Waals surface area contributed by atoms with Crippen LogP contribution in [0.25, 0.3) is 0 Å². The van der Waals surface area contributed by atoms with Crippen LogP contribution in [0.15, 0.2) is 48.5 Å². The van der Waals surface area contributed by atoms with E-state index < -0.39 is 12.0 Å². The summed E-state index contributed by atoms with van der Waals surface area (Å²) in [6.07, 6.45) is 4.86. The van der Waals surface area contributed by atoms with Crippen LogP contribution in [0.3, 0.4) is 0 Å². The number of esters is 1. The number of nitrogens with one attached hydrogen (secondary N) is 1. The van der Waals surface area contributed by atoms with Crippen molar-refractivity contribution >= 4 is 11.9 Å². The number of carbonyl (C=O) groups is 1. The van der Waals surface area contributed by atoms with Gasteiger partial charge in [0.2, 0.25) is 5.95 Å². The number of pyridine rings is 1. The van der Waals surface area contributed by atoms with Gasteiger partial charge in [0.15, 0.2) is 0 Å². The first-order chi connectivity index (χ1) is 10.7. The Hall–Kier alpha value is -3.03. The third-order valence-electron chi connectivity index (χ3n) is 3.27. The first-order valence-electron chi connectivity index (χ1n) is 6.66. The van der Waals surface area contributed by atoms with Crippen LogP contribution in [-0.4, -0.2) is 37.8 Å². The van der Waals surface area contributed by atoms with Crippen molar-refractivity contribution < 1.29 is 9.53 Å². The van der Waals surface area contributed by atoms with Crippen molar-refractivity contribution in [3.05, 3.63) is 54.0 Å². The molecule has 0 fully saturated rings. The molecule has 1 N–H and O–H groups in total. The molecule has 0 spiro atoms. The number of carbonyl (C=O) groups excluding carboxylic acids is 1. The first-order valence-corrected chi connectivity index (χ1v) is 6.66. The molecule has 0 aromatic carbocycles. The van der Waals surface area contributed by atoms with E-state index in [1.54, 1.807) is 25.4 Å². The van der Waals surface area contributed by atoms with Crippen LogP contribution in [0.2, 0.25) is 0 Å². The number of tetrazole rings is 1. The molecule has 0 saturated carbocycles. The molecule has 0 amide bonds. The van der Waals surface area contributed by atoms with E-state index in [-0.39, 0.29) is 6.61 Å². The summed E-state index contributed by atoms with van der Waals surface area (Å²) in [5.74, 6) is 0.0199. The molecule has 0 radical (unpaired) electrons. The highest BCUT2D eigenvalue weighted by Gasteiger charge is 2.34. The van der Waals surface area contributed by atoms with Crippen LogP contribution in [0.5, 0.6) is 0 Å². The van der Waals surface area contributed by atoms with E-state index in [9.17, 15) is 4.79 Å². The van der Waals surface area contributed by atoms with Crippen molar-refractivity contribution in [3.8, 4) is 0 Å². The van der Waals surface area contributed by atoms with Crippen molar-refractivity contribution in [2.75, 3.05) is 11.9 Å². The monoisotopic (exact) mass is 298 g/mol. The highest BCUT2D eigenvalue weighted by atomic mass is 16.5. The Morgan fingerprint density at radius 3 is 3.18 bits per heavy atom. The molecule has 8 nitrogen and oxygen atoms in total. The maximum absolute atomic E-state index is 12.4. The van der Waals surface area contributed by atoms with Gasteiger partial charge >= 0.3 is 5.97 Å². The van der Waals surface area contributed by atoms with Gasteiger partial charge in [0, 0.05) is 18.1 Å². The largest absolute Gasteiger partial charge is 0.458 e. The number of nitrogens with zero attached hydrogens (tertiary/aromatic N) is 5. The Morgan fingerprint density at radius 2 is 2.45 bits per heavy atom. The Morgan fingerprint density at radius 1 is 1.59 bits per heavy atom. The molecule has 1 aliphatic heterocycles. The van der Waals surface area contributed by atoms with Gasteiger partial charge in [-0.25, -0.2) is 4.79 Å². The number of fused-ring (bicyclic) bond motifs is 1. The zero-order valence-electron chi connectivity index (χ0n) is 11.9. The summed E-state index contributed by atoms with van der Waals surface area (Å²) in [5, 5.41) is 14.5. The fourth-order valence-corrected chi connectivity index (χ4v) is 2.33. The van der Waals surface area contributed by atoms with Crippen molar-refractivity contribution in [2.24, 2.45) is 0 Å². The van der Waals surface area contributed by atoms with Gasteiger partial charge in [-0.05, 0) is 29.0 Å². The molecule has 0 aliphatic carbocycles. The van der Waals surface area contributed by atoms with Crippen molar-refractivity contribution in [1.29, 1.82) is 0 Å². The SMILES string of the molecule is C=CCOC(=O)C1=C(C)Nc2nnnn2C1c1cccnc1. The summed E-state index contributed by atoms with van der Waals surface area (Å²) in [4.78, 5) is 16.5. The molecule has 3 rings (SSSR count). The van der Waals surface area contributed by atoms with Gasteiger partial charge in [-0.3, -0.25) is 4.98 Å². The molecule has 112 valence electrons. The number of hydrogen-bond donors (Lipinski definition) is 1. The Bertz CT molecular complexity index is 737. The van der Waals surface area contributed by atoms with Gasteiger partial charge in [-0.1, -0.05) is 23.8 Å². The van der Waals surface area contributed by atoms with E-state index in [1.807, 2.05) is 6.07 Å². The summed E-state index contributed by atoms with van der Waals surface area (Å²) in [5.41, 5.74) is 1.88. The summed E-state index contributed by atoms with van der Waals surface area (Å²) >= 11 is 0. The van der Waals surface area contributed by atoms with Gasteiger partial charge in [0.05, 0.1) is 5.57 Å². The highest BCUT2D eigenvalue weighted by Crippen LogP contribution is 2.34. The minimum absolute atomic E-state index is 0.137. The lowest BCUT2D eigenvalue weighted by molar-refractivity contribution is -0.138. The average molecular weight is 298 g/mol. The van der Waals surface area contributed by atoms with Gasteiger partial charge in [0.1, 0.15) is 12.6 Å². The lowest BCUT2D eigenvalue weighted by atomic mass is 9.97. The van der Waals surface area contributed by atoms with E-state index in [4.69, 9.17) is 4.74 Å². The van der Waals surface area contributed by atoms with E-state index >= 15 is 0 Å². The van der Waals surface area contributed by atoms with E-state index in [2.05, 4.69) is 32.4 Å². The van der Waals surface area contributed by atoms with Crippen LogP contribution >= 0.6 is 0 Å². The maximum Gasteiger partial charge on any atom is 0.338 e. The van der Waals surface area contributed by atoms with Gasteiger partial charge in [-0.15, -0.1) is 0 Å². The normalized spacial score (nSPS) is 16.7. The van der Waals surface area contributed by atoms with Crippen LogP contribution in [0.1, 0.15) is 18.5 Å². The predicted octanol–water partition coefficient (Wildman–Crippen LogP) is 1.09. The third-order valence-corrected chi connectivity index (χ3v) is 3.27.